The minimum Gasteiger partial charge on any atom is -0.508 e. The number of nitrogens with zero attached hydrogens (tertiary/aromatic N) is 1. The van der Waals surface area contributed by atoms with Crippen LogP contribution < -0.4 is 0 Å². The van der Waals surface area contributed by atoms with Gasteiger partial charge in [0.05, 0.1) is 0 Å². The number of thiophene rings is 1. The first-order valence-electron chi connectivity index (χ1n) is 7.18. The summed E-state index contributed by atoms with van der Waals surface area (Å²) in [7, 11) is 2.14. The van der Waals surface area contributed by atoms with Crippen LogP contribution in [0.5, 0.6) is 5.75 Å². The second-order valence-electron chi connectivity index (χ2n) is 5.85. The molecule has 1 aromatic heterocycles. The number of fused-ring (bicyclic) bond motifs is 2. The number of hydrogen-bond donors (Lipinski definition) is 1. The highest BCUT2D eigenvalue weighted by atomic mass is 32.1. The monoisotopic (exact) mass is 295 g/mol. The summed E-state index contributed by atoms with van der Waals surface area (Å²) < 4.78 is 1.35. The number of aromatic hydroxyl groups is 1. The third kappa shape index (κ3) is 2.23. The fraction of sp³-hybridized carbons (Fsp3) is 0.222. The average molecular weight is 295 g/mol. The van der Waals surface area contributed by atoms with E-state index in [-0.39, 0.29) is 0 Å². The fourth-order valence-corrected chi connectivity index (χ4v) is 4.14. The Hall–Kier alpha value is -1.84. The zero-order valence-corrected chi connectivity index (χ0v) is 12.7. The van der Waals surface area contributed by atoms with Gasteiger partial charge in [-0.05, 0) is 58.8 Å². The van der Waals surface area contributed by atoms with Crippen LogP contribution in [-0.4, -0.2) is 23.6 Å². The predicted octanol–water partition coefficient (Wildman–Crippen LogP) is 4.18. The number of benzene rings is 2. The van der Waals surface area contributed by atoms with Gasteiger partial charge in [0.15, 0.2) is 0 Å². The van der Waals surface area contributed by atoms with Crippen molar-refractivity contribution < 1.29 is 5.11 Å². The molecule has 1 aliphatic rings. The van der Waals surface area contributed by atoms with E-state index in [0.717, 1.165) is 13.1 Å². The molecule has 0 bridgehead atoms. The summed E-state index contributed by atoms with van der Waals surface area (Å²) in [6, 6.07) is 14.7. The van der Waals surface area contributed by atoms with E-state index >= 15 is 0 Å². The molecular formula is C18H17NOS. The minimum absolute atomic E-state index is 0.358. The van der Waals surface area contributed by atoms with Gasteiger partial charge in [-0.1, -0.05) is 18.2 Å². The van der Waals surface area contributed by atoms with Crippen LogP contribution in [0.4, 0.5) is 0 Å². The SMILES string of the molecule is CN1Cc2cc(O)ccc2C(c2ccc3ccsc3c2)C1. The molecule has 1 N–H and O–H groups in total. The molecule has 1 aliphatic heterocycles. The Bertz CT molecular complexity index is 808. The highest BCUT2D eigenvalue weighted by molar-refractivity contribution is 7.17. The van der Waals surface area contributed by atoms with Gasteiger partial charge in [-0.25, -0.2) is 0 Å². The highest BCUT2D eigenvalue weighted by Crippen LogP contribution is 2.36. The minimum atomic E-state index is 0.358. The Morgan fingerprint density at radius 2 is 2.05 bits per heavy atom. The van der Waals surface area contributed by atoms with Crippen molar-refractivity contribution in [1.82, 2.24) is 4.90 Å². The quantitative estimate of drug-likeness (QED) is 0.728. The number of phenolic OH excluding ortho intramolecular Hbond substituents is 1. The first-order chi connectivity index (χ1) is 10.2. The molecule has 3 heteroatoms. The molecule has 0 spiro atoms. The van der Waals surface area contributed by atoms with Crippen LogP contribution in [0.25, 0.3) is 10.1 Å². The first kappa shape index (κ1) is 12.9. The van der Waals surface area contributed by atoms with Gasteiger partial charge in [-0.2, -0.15) is 0 Å². The average Bonchev–Trinajstić information content (AvgIpc) is 2.93. The topological polar surface area (TPSA) is 23.5 Å². The van der Waals surface area contributed by atoms with Crippen LogP contribution >= 0.6 is 11.3 Å². The molecule has 0 saturated heterocycles. The molecule has 0 radical (unpaired) electrons. The molecule has 3 aromatic rings. The van der Waals surface area contributed by atoms with Gasteiger partial charge in [0.2, 0.25) is 0 Å². The molecule has 2 nitrogen and oxygen atoms in total. The van der Waals surface area contributed by atoms with E-state index in [1.54, 1.807) is 17.4 Å². The first-order valence-corrected chi connectivity index (χ1v) is 8.06. The molecule has 4 rings (SSSR count). The van der Waals surface area contributed by atoms with Crippen molar-refractivity contribution in [2.45, 2.75) is 12.5 Å². The van der Waals surface area contributed by atoms with Crippen molar-refractivity contribution in [1.29, 1.82) is 0 Å². The Morgan fingerprint density at radius 1 is 1.14 bits per heavy atom. The molecule has 0 aliphatic carbocycles. The van der Waals surface area contributed by atoms with Gasteiger partial charge in [-0.15, -0.1) is 11.3 Å². The van der Waals surface area contributed by atoms with Gasteiger partial charge < -0.3 is 10.0 Å². The van der Waals surface area contributed by atoms with Crippen molar-refractivity contribution >= 4 is 21.4 Å². The van der Waals surface area contributed by atoms with Crippen LogP contribution in [0.1, 0.15) is 22.6 Å². The van der Waals surface area contributed by atoms with Crippen molar-refractivity contribution in [3.05, 3.63) is 64.5 Å². The smallest absolute Gasteiger partial charge is 0.115 e. The van der Waals surface area contributed by atoms with E-state index in [1.165, 1.54) is 26.8 Å². The zero-order valence-electron chi connectivity index (χ0n) is 11.9. The van der Waals surface area contributed by atoms with Crippen molar-refractivity contribution in [2.75, 3.05) is 13.6 Å². The van der Waals surface area contributed by atoms with E-state index in [9.17, 15) is 5.11 Å². The largest absolute Gasteiger partial charge is 0.508 e. The maximum absolute atomic E-state index is 9.73. The molecule has 0 saturated carbocycles. The third-order valence-corrected chi connectivity index (χ3v) is 5.20. The normalized spacial score (nSPS) is 18.8. The lowest BCUT2D eigenvalue weighted by atomic mass is 9.84. The van der Waals surface area contributed by atoms with E-state index in [4.69, 9.17) is 0 Å². The van der Waals surface area contributed by atoms with Crippen LogP contribution in [0.15, 0.2) is 47.8 Å². The summed E-state index contributed by atoms with van der Waals surface area (Å²) in [6.07, 6.45) is 0. The molecule has 2 heterocycles. The molecule has 1 atom stereocenters. The van der Waals surface area contributed by atoms with Crippen LogP contribution in [-0.2, 0) is 6.54 Å². The van der Waals surface area contributed by atoms with Gasteiger partial charge in [0.1, 0.15) is 5.75 Å². The van der Waals surface area contributed by atoms with Crippen molar-refractivity contribution in [3.63, 3.8) is 0 Å². The maximum Gasteiger partial charge on any atom is 0.115 e. The van der Waals surface area contributed by atoms with E-state index in [0.29, 0.717) is 11.7 Å². The summed E-state index contributed by atoms with van der Waals surface area (Å²) in [5.74, 6) is 0.738. The number of likely N-dealkylation sites (N-methyl/N-ethyl adjacent to an activating group) is 1. The lowest BCUT2D eigenvalue weighted by molar-refractivity contribution is 0.294. The lowest BCUT2D eigenvalue weighted by Crippen LogP contribution is -2.30. The Morgan fingerprint density at radius 3 is 2.95 bits per heavy atom. The van der Waals surface area contributed by atoms with Crippen molar-refractivity contribution in [3.8, 4) is 5.75 Å². The standard InChI is InChI=1S/C18H17NOS/c1-19-10-14-8-15(20)4-5-16(14)17(11-19)13-3-2-12-6-7-21-18(12)9-13/h2-9,17,20H,10-11H2,1H3. The fourth-order valence-electron chi connectivity index (χ4n) is 3.31. The van der Waals surface area contributed by atoms with Gasteiger partial charge in [-0.3, -0.25) is 0 Å². The van der Waals surface area contributed by atoms with E-state index < -0.39 is 0 Å². The molecule has 0 fully saturated rings. The van der Waals surface area contributed by atoms with Crippen LogP contribution in [0, 0.1) is 0 Å². The number of phenols is 1. The van der Waals surface area contributed by atoms with Crippen LogP contribution in [0.2, 0.25) is 0 Å². The molecule has 1 unspecified atom stereocenters. The molecule has 106 valence electrons. The summed E-state index contributed by atoms with van der Waals surface area (Å²) >= 11 is 1.80. The molecule has 0 amide bonds. The van der Waals surface area contributed by atoms with Gasteiger partial charge in [0, 0.05) is 23.7 Å². The summed E-state index contributed by atoms with van der Waals surface area (Å²) in [5.41, 5.74) is 3.95. The zero-order chi connectivity index (χ0) is 14.4. The molecule has 21 heavy (non-hydrogen) atoms. The second kappa shape index (κ2) is 4.86. The summed E-state index contributed by atoms with van der Waals surface area (Å²) in [6.45, 7) is 1.93. The number of hydrogen-bond acceptors (Lipinski definition) is 3. The van der Waals surface area contributed by atoms with Gasteiger partial charge >= 0.3 is 0 Å². The highest BCUT2D eigenvalue weighted by Gasteiger charge is 2.25. The van der Waals surface area contributed by atoms with E-state index in [1.807, 2.05) is 6.07 Å². The van der Waals surface area contributed by atoms with Crippen LogP contribution in [0.3, 0.4) is 0 Å². The Balaban J connectivity index is 1.84. The van der Waals surface area contributed by atoms with Gasteiger partial charge in [0.25, 0.3) is 0 Å². The van der Waals surface area contributed by atoms with Crippen molar-refractivity contribution in [2.24, 2.45) is 0 Å². The predicted molar refractivity (Wildman–Crippen MR) is 88.1 cm³/mol. The Kier molecular flexibility index (Phi) is 2.98. The Labute approximate surface area is 128 Å². The molecule has 2 aromatic carbocycles. The lowest BCUT2D eigenvalue weighted by Gasteiger charge is -2.32. The summed E-state index contributed by atoms with van der Waals surface area (Å²) in [4.78, 5) is 2.32. The van der Waals surface area contributed by atoms with E-state index in [2.05, 4.69) is 47.7 Å². The second-order valence-corrected chi connectivity index (χ2v) is 6.80. The third-order valence-electron chi connectivity index (χ3n) is 4.32. The summed E-state index contributed by atoms with van der Waals surface area (Å²) in [5, 5.41) is 13.2. The number of rotatable bonds is 1. The molecular weight excluding hydrogens is 278 g/mol. The maximum atomic E-state index is 9.73.